The van der Waals surface area contributed by atoms with Crippen LogP contribution in [0.4, 0.5) is 0 Å². The molecule has 0 radical (unpaired) electrons. The minimum absolute atomic E-state index is 0.0714. The number of aliphatic carboxylic acids is 1. The molecule has 0 spiro atoms. The lowest BCUT2D eigenvalue weighted by Gasteiger charge is -2.42. The van der Waals surface area contributed by atoms with Crippen LogP contribution in [-0.2, 0) is 27.1 Å². The first-order chi connectivity index (χ1) is 21.7. The van der Waals surface area contributed by atoms with Crippen molar-refractivity contribution < 1.29 is 75.5 Å². The summed E-state index contributed by atoms with van der Waals surface area (Å²) in [5.41, 5.74) is 2.21. The fourth-order valence-corrected chi connectivity index (χ4v) is 4.50. The first-order valence-electron chi connectivity index (χ1n) is 14.6. The van der Waals surface area contributed by atoms with E-state index < -0.39 is 74.3 Å². The molecule has 0 aliphatic carbocycles. The number of hydrogen-bond donors (Lipinski definition) is 13. The van der Waals surface area contributed by atoms with Crippen molar-refractivity contribution in [3.63, 3.8) is 0 Å². The zero-order valence-electron chi connectivity index (χ0n) is 25.1. The smallest absolute Gasteiger partial charge is 0.335 e. The van der Waals surface area contributed by atoms with Gasteiger partial charge in [-0.3, -0.25) is 0 Å². The van der Waals surface area contributed by atoms with Crippen molar-refractivity contribution in [1.82, 2.24) is 5.32 Å². The quantitative estimate of drug-likeness (QED) is 0.0865. The van der Waals surface area contributed by atoms with Gasteiger partial charge in [0.2, 0.25) is 0 Å². The number of carboxylic acids is 1. The predicted octanol–water partition coefficient (Wildman–Crippen LogP) is -2.71. The van der Waals surface area contributed by atoms with E-state index in [1.165, 1.54) is 11.6 Å². The Bertz CT molecular complexity index is 1180. The second kappa shape index (κ2) is 18.9. The van der Waals surface area contributed by atoms with Crippen LogP contribution in [0.1, 0.15) is 24.5 Å². The Kier molecular flexibility index (Phi) is 16.0. The van der Waals surface area contributed by atoms with Crippen molar-refractivity contribution in [3.8, 4) is 17.2 Å². The average Bonchev–Trinajstić information content (AvgIpc) is 3.04. The van der Waals surface area contributed by atoms with Gasteiger partial charge < -0.3 is 76.1 Å². The van der Waals surface area contributed by atoms with Crippen LogP contribution in [0.2, 0.25) is 0 Å². The van der Waals surface area contributed by atoms with Gasteiger partial charge in [-0.25, -0.2) is 4.79 Å². The monoisotopic (exact) mass is 659 g/mol. The van der Waals surface area contributed by atoms with Crippen LogP contribution in [0.5, 0.6) is 17.2 Å². The first-order valence-corrected chi connectivity index (χ1v) is 14.6. The zero-order chi connectivity index (χ0) is 34.6. The zero-order valence-corrected chi connectivity index (χ0v) is 25.1. The number of phenols is 3. The minimum atomic E-state index is -2.39. The Hall–Kier alpha value is -3.13. The molecule has 2 aromatic carbocycles. The van der Waals surface area contributed by atoms with Gasteiger partial charge in [-0.1, -0.05) is 18.2 Å². The molecule has 10 atom stereocenters. The Morgan fingerprint density at radius 2 is 1.52 bits per heavy atom. The molecule has 1 fully saturated rings. The maximum Gasteiger partial charge on any atom is 0.335 e. The van der Waals surface area contributed by atoms with Gasteiger partial charge in [-0.15, -0.1) is 0 Å². The number of carbonyl (C=O) groups is 1. The van der Waals surface area contributed by atoms with Crippen LogP contribution in [0.25, 0.3) is 0 Å². The van der Waals surface area contributed by atoms with Crippen molar-refractivity contribution in [2.24, 2.45) is 0 Å². The molecule has 13 N–H and O–H groups in total. The Morgan fingerprint density at radius 1 is 0.891 bits per heavy atom. The van der Waals surface area contributed by atoms with Crippen LogP contribution < -0.4 is 5.32 Å². The second-order valence-corrected chi connectivity index (χ2v) is 11.0. The van der Waals surface area contributed by atoms with E-state index in [-0.39, 0.29) is 11.5 Å². The van der Waals surface area contributed by atoms with Gasteiger partial charge in [0, 0.05) is 6.04 Å². The first kappa shape index (κ1) is 39.1. The maximum atomic E-state index is 10.7. The lowest BCUT2D eigenvalue weighted by molar-refractivity contribution is -0.326. The lowest BCUT2D eigenvalue weighted by Crippen LogP contribution is -2.61. The van der Waals surface area contributed by atoms with Gasteiger partial charge in [0.1, 0.15) is 48.5 Å². The Balaban J connectivity index is 0.000000321. The summed E-state index contributed by atoms with van der Waals surface area (Å²) >= 11 is 0. The van der Waals surface area contributed by atoms with E-state index in [0.717, 1.165) is 31.4 Å². The summed E-state index contributed by atoms with van der Waals surface area (Å²) in [5.74, 6) is -1.70. The molecule has 0 saturated carbocycles. The maximum absolute atomic E-state index is 10.7. The minimum Gasteiger partial charge on any atom is -0.508 e. The van der Waals surface area contributed by atoms with Crippen LogP contribution >= 0.6 is 0 Å². The lowest BCUT2D eigenvalue weighted by atomic mass is 9.98. The molecule has 1 saturated heterocycles. The predicted molar refractivity (Wildman–Crippen MR) is 159 cm³/mol. The topological polar surface area (TPSA) is 290 Å². The van der Waals surface area contributed by atoms with Crippen LogP contribution in [-0.4, -0.2) is 148 Å². The van der Waals surface area contributed by atoms with Crippen LogP contribution in [0.3, 0.4) is 0 Å². The van der Waals surface area contributed by atoms with Crippen molar-refractivity contribution in [1.29, 1.82) is 0 Å². The van der Waals surface area contributed by atoms with Gasteiger partial charge in [-0.2, -0.15) is 0 Å². The third kappa shape index (κ3) is 11.6. The molecule has 1 heterocycles. The number of aliphatic hydroxyl groups is 8. The van der Waals surface area contributed by atoms with E-state index >= 15 is 0 Å². The van der Waals surface area contributed by atoms with Gasteiger partial charge >= 0.3 is 5.97 Å². The van der Waals surface area contributed by atoms with Crippen molar-refractivity contribution in [2.75, 3.05) is 19.8 Å². The van der Waals surface area contributed by atoms with Crippen LogP contribution in [0, 0.1) is 0 Å². The molecule has 1 aliphatic heterocycles. The number of aliphatic hydroxyl groups excluding tert-OH is 8. The normalized spacial score (nSPS) is 24.6. The second-order valence-electron chi connectivity index (χ2n) is 11.0. The number of aryl methyl sites for hydroxylation is 1. The largest absolute Gasteiger partial charge is 0.508 e. The van der Waals surface area contributed by atoms with E-state index in [1.54, 1.807) is 18.2 Å². The number of phenolic OH excluding ortho intramolecular Hbond substituents is 3. The number of nitrogens with one attached hydrogen (secondary N) is 1. The highest BCUT2D eigenvalue weighted by Gasteiger charge is 2.47. The molecule has 2 aromatic rings. The third-order valence-corrected chi connectivity index (χ3v) is 7.37. The van der Waals surface area contributed by atoms with E-state index in [2.05, 4.69) is 12.2 Å². The fourth-order valence-electron chi connectivity index (χ4n) is 4.50. The molecular weight excluding hydrogens is 614 g/mol. The molecule has 16 nitrogen and oxygen atoms in total. The molecule has 16 heteroatoms. The van der Waals surface area contributed by atoms with Gasteiger partial charge in [0.25, 0.3) is 0 Å². The molecule has 1 aliphatic rings. The molecule has 0 amide bonds. The SMILES string of the molecule is C[C@@H](CCc1ccc(O)cc1)NCCc1ccc(O)c(O)c1.O=C(O)[C@H](O)[C@@H](O)[C@H](O[C@@H]1O[C@H](CO)[C@H](O)[C@H](O)[C@H]1O)[C@H](O)CO. The number of benzene rings is 2. The van der Waals surface area contributed by atoms with Crippen molar-refractivity contribution >= 4 is 5.97 Å². The molecule has 0 bridgehead atoms. The molecule has 0 unspecified atom stereocenters. The number of rotatable bonds is 15. The van der Waals surface area contributed by atoms with E-state index in [1.807, 2.05) is 18.2 Å². The summed E-state index contributed by atoms with van der Waals surface area (Å²) in [6.07, 6.45) is -14.1. The van der Waals surface area contributed by atoms with Crippen molar-refractivity contribution in [3.05, 3.63) is 53.6 Å². The fraction of sp³-hybridized carbons (Fsp3) is 0.567. The van der Waals surface area contributed by atoms with Gasteiger partial charge in [0.15, 0.2) is 23.9 Å². The molecule has 46 heavy (non-hydrogen) atoms. The molecular formula is C30H45NO15. The summed E-state index contributed by atoms with van der Waals surface area (Å²) in [7, 11) is 0. The number of hydrogen-bond acceptors (Lipinski definition) is 15. The van der Waals surface area contributed by atoms with Crippen molar-refractivity contribution in [2.45, 2.75) is 87.3 Å². The number of carboxylic acid groups (broad SMARTS) is 1. The highest BCUT2D eigenvalue weighted by Crippen LogP contribution is 2.26. The van der Waals surface area contributed by atoms with Crippen LogP contribution in [0.15, 0.2) is 42.5 Å². The average molecular weight is 660 g/mol. The highest BCUT2D eigenvalue weighted by atomic mass is 16.7. The summed E-state index contributed by atoms with van der Waals surface area (Å²) in [6, 6.07) is 12.6. The summed E-state index contributed by atoms with van der Waals surface area (Å²) < 4.78 is 9.98. The summed E-state index contributed by atoms with van der Waals surface area (Å²) in [4.78, 5) is 10.7. The van der Waals surface area contributed by atoms with E-state index in [4.69, 9.17) is 24.8 Å². The molecule has 0 aromatic heterocycles. The standard InChI is InChI=1S/C18H23NO3.C12H22O12/c1-13(2-3-14-4-7-16(20)8-5-14)19-11-10-15-6-9-17(21)18(22)12-15;13-1-3(15)10(7(18)8(19)11(21)22)24-12-9(20)6(17)5(16)4(2-14)23-12/h4-9,12-13,19-22H,2-3,10-11H2,1H3;3-10,12-20H,1-2H2,(H,21,22)/t13-;3-,4-,5+,6+,7-,8-,9-,10-,12+/m01/s1. The Morgan fingerprint density at radius 3 is 2.09 bits per heavy atom. The molecule has 260 valence electrons. The summed E-state index contributed by atoms with van der Waals surface area (Å²) in [5, 5.41) is 116. The number of ether oxygens (including phenoxy) is 2. The highest BCUT2D eigenvalue weighted by molar-refractivity contribution is 5.72. The number of aromatic hydroxyl groups is 3. The van der Waals surface area contributed by atoms with E-state index in [9.17, 15) is 50.8 Å². The Labute approximate surface area is 265 Å². The van der Waals surface area contributed by atoms with Gasteiger partial charge in [-0.05, 0) is 68.1 Å². The van der Waals surface area contributed by atoms with Gasteiger partial charge in [0.05, 0.1) is 13.2 Å². The van der Waals surface area contributed by atoms with E-state index in [0.29, 0.717) is 11.8 Å². The third-order valence-electron chi connectivity index (χ3n) is 7.37. The summed E-state index contributed by atoms with van der Waals surface area (Å²) in [6.45, 7) is 1.21. The molecule has 3 rings (SSSR count).